The minimum Gasteiger partial charge on any atom is -0.491 e. The van der Waals surface area contributed by atoms with Gasteiger partial charge in [0.1, 0.15) is 11.6 Å². The summed E-state index contributed by atoms with van der Waals surface area (Å²) in [5.41, 5.74) is 1.89. The number of amides is 1. The Balaban J connectivity index is 1.81. The van der Waals surface area contributed by atoms with Gasteiger partial charge < -0.3 is 10.1 Å². The van der Waals surface area contributed by atoms with E-state index in [9.17, 15) is 9.18 Å². The van der Waals surface area contributed by atoms with Crippen LogP contribution in [0.3, 0.4) is 0 Å². The van der Waals surface area contributed by atoms with Gasteiger partial charge in [-0.1, -0.05) is 24.3 Å². The van der Waals surface area contributed by atoms with Crippen molar-refractivity contribution in [3.63, 3.8) is 0 Å². The van der Waals surface area contributed by atoms with Crippen molar-refractivity contribution < 1.29 is 13.9 Å². The molecule has 2 aromatic rings. The smallest absolute Gasteiger partial charge is 0.244 e. The predicted molar refractivity (Wildman–Crippen MR) is 94.4 cm³/mol. The summed E-state index contributed by atoms with van der Waals surface area (Å²) in [6, 6.07) is 13.9. The van der Waals surface area contributed by atoms with E-state index >= 15 is 0 Å². The highest BCUT2D eigenvalue weighted by Crippen LogP contribution is 2.15. The van der Waals surface area contributed by atoms with Crippen LogP contribution in [-0.2, 0) is 11.2 Å². The molecule has 0 aromatic heterocycles. The Morgan fingerprint density at radius 2 is 1.96 bits per heavy atom. The second-order valence-electron chi connectivity index (χ2n) is 5.74. The average Bonchev–Trinajstić information content (AvgIpc) is 2.54. The molecule has 24 heavy (non-hydrogen) atoms. The van der Waals surface area contributed by atoms with E-state index in [1.165, 1.54) is 18.2 Å². The number of hydrogen-bond donors (Lipinski definition) is 1. The number of nitrogens with one attached hydrogen (secondary N) is 1. The topological polar surface area (TPSA) is 38.3 Å². The first-order valence-corrected chi connectivity index (χ1v) is 8.00. The van der Waals surface area contributed by atoms with Crippen molar-refractivity contribution >= 4 is 12.0 Å². The lowest BCUT2D eigenvalue weighted by atomic mass is 10.1. The highest BCUT2D eigenvalue weighted by atomic mass is 19.1. The SMILES string of the molecule is CC(C)Oc1cccc(/C=C/C(=O)NCCc2ccc(F)cc2)c1. The second-order valence-corrected chi connectivity index (χ2v) is 5.74. The Labute approximate surface area is 142 Å². The predicted octanol–water partition coefficient (Wildman–Crippen LogP) is 3.99. The number of halogens is 1. The van der Waals surface area contributed by atoms with Gasteiger partial charge in [-0.2, -0.15) is 0 Å². The maximum absolute atomic E-state index is 12.8. The van der Waals surface area contributed by atoms with Crippen molar-refractivity contribution in [2.45, 2.75) is 26.4 Å². The molecule has 0 radical (unpaired) electrons. The summed E-state index contributed by atoms with van der Waals surface area (Å²) in [5, 5.41) is 2.81. The van der Waals surface area contributed by atoms with Gasteiger partial charge in [-0.3, -0.25) is 4.79 Å². The number of carbonyl (C=O) groups excluding carboxylic acids is 1. The molecule has 126 valence electrons. The summed E-state index contributed by atoms with van der Waals surface area (Å²) in [6.07, 6.45) is 4.02. The molecule has 0 unspecified atom stereocenters. The summed E-state index contributed by atoms with van der Waals surface area (Å²) in [5.74, 6) is 0.366. The largest absolute Gasteiger partial charge is 0.491 e. The van der Waals surface area contributed by atoms with Gasteiger partial charge in [0.25, 0.3) is 0 Å². The van der Waals surface area contributed by atoms with E-state index in [-0.39, 0.29) is 17.8 Å². The highest BCUT2D eigenvalue weighted by Gasteiger charge is 2.00. The Kier molecular flexibility index (Phi) is 6.55. The van der Waals surface area contributed by atoms with E-state index in [0.29, 0.717) is 13.0 Å². The van der Waals surface area contributed by atoms with Crippen LogP contribution in [0.1, 0.15) is 25.0 Å². The van der Waals surface area contributed by atoms with Gasteiger partial charge in [0.15, 0.2) is 0 Å². The molecular weight excluding hydrogens is 305 g/mol. The maximum Gasteiger partial charge on any atom is 0.244 e. The van der Waals surface area contributed by atoms with Gasteiger partial charge >= 0.3 is 0 Å². The van der Waals surface area contributed by atoms with E-state index in [1.807, 2.05) is 38.1 Å². The van der Waals surface area contributed by atoms with Crippen LogP contribution in [0.2, 0.25) is 0 Å². The summed E-state index contributed by atoms with van der Waals surface area (Å²) < 4.78 is 18.4. The molecule has 4 heteroatoms. The fourth-order valence-corrected chi connectivity index (χ4v) is 2.18. The molecule has 2 aromatic carbocycles. The van der Waals surface area contributed by atoms with Crippen LogP contribution < -0.4 is 10.1 Å². The first-order chi connectivity index (χ1) is 11.5. The number of hydrogen-bond acceptors (Lipinski definition) is 2. The molecule has 0 bridgehead atoms. The minimum absolute atomic E-state index is 0.110. The fraction of sp³-hybridized carbons (Fsp3) is 0.250. The molecule has 0 spiro atoms. The maximum atomic E-state index is 12.8. The van der Waals surface area contributed by atoms with Gasteiger partial charge in [-0.25, -0.2) is 4.39 Å². The van der Waals surface area contributed by atoms with E-state index in [4.69, 9.17) is 4.74 Å². The standard InChI is InChI=1S/C20H22FNO2/c1-15(2)24-19-5-3-4-17(14-19)8-11-20(23)22-13-12-16-6-9-18(21)10-7-16/h3-11,14-15H,12-13H2,1-2H3,(H,22,23)/b11-8+. The molecule has 0 aliphatic rings. The van der Waals surface area contributed by atoms with Gasteiger partial charge in [0.05, 0.1) is 6.10 Å². The molecule has 1 N–H and O–H groups in total. The number of ether oxygens (including phenoxy) is 1. The zero-order valence-electron chi connectivity index (χ0n) is 14.0. The van der Waals surface area contributed by atoms with Crippen molar-refractivity contribution in [2.24, 2.45) is 0 Å². The van der Waals surface area contributed by atoms with Crippen molar-refractivity contribution in [1.82, 2.24) is 5.32 Å². The number of benzene rings is 2. The molecule has 0 aliphatic carbocycles. The zero-order valence-corrected chi connectivity index (χ0v) is 14.0. The molecule has 0 saturated carbocycles. The van der Waals surface area contributed by atoms with Gasteiger partial charge in [0.2, 0.25) is 5.91 Å². The number of carbonyl (C=O) groups is 1. The van der Waals surface area contributed by atoms with E-state index in [1.54, 1.807) is 18.2 Å². The van der Waals surface area contributed by atoms with Crippen LogP contribution in [0, 0.1) is 5.82 Å². The molecule has 0 atom stereocenters. The molecule has 0 saturated heterocycles. The Hall–Kier alpha value is -2.62. The zero-order chi connectivity index (χ0) is 17.4. The Bertz CT molecular complexity index is 693. The molecule has 0 fully saturated rings. The third-order valence-electron chi connectivity index (χ3n) is 3.28. The third kappa shape index (κ3) is 6.24. The quantitative estimate of drug-likeness (QED) is 0.781. The summed E-state index contributed by atoms with van der Waals surface area (Å²) in [4.78, 5) is 11.8. The highest BCUT2D eigenvalue weighted by molar-refractivity contribution is 5.91. The Morgan fingerprint density at radius 3 is 2.67 bits per heavy atom. The summed E-state index contributed by atoms with van der Waals surface area (Å²) >= 11 is 0. The number of rotatable bonds is 7. The lowest BCUT2D eigenvalue weighted by Gasteiger charge is -2.09. The van der Waals surface area contributed by atoms with Crippen LogP contribution in [0.15, 0.2) is 54.6 Å². The van der Waals surface area contributed by atoms with Crippen LogP contribution >= 0.6 is 0 Å². The Morgan fingerprint density at radius 1 is 1.21 bits per heavy atom. The van der Waals surface area contributed by atoms with Crippen LogP contribution in [0.4, 0.5) is 4.39 Å². The van der Waals surface area contributed by atoms with E-state index < -0.39 is 0 Å². The van der Waals surface area contributed by atoms with Crippen LogP contribution in [0.5, 0.6) is 5.75 Å². The first-order valence-electron chi connectivity index (χ1n) is 8.00. The van der Waals surface area contributed by atoms with Crippen molar-refractivity contribution in [1.29, 1.82) is 0 Å². The lowest BCUT2D eigenvalue weighted by molar-refractivity contribution is -0.116. The summed E-state index contributed by atoms with van der Waals surface area (Å²) in [7, 11) is 0. The molecule has 0 heterocycles. The van der Waals surface area contributed by atoms with Crippen molar-refractivity contribution in [3.05, 3.63) is 71.6 Å². The van der Waals surface area contributed by atoms with Crippen molar-refractivity contribution in [3.8, 4) is 5.75 Å². The van der Waals surface area contributed by atoms with Gasteiger partial charge in [-0.05, 0) is 61.7 Å². The molecule has 0 aliphatic heterocycles. The van der Waals surface area contributed by atoms with E-state index in [0.717, 1.165) is 16.9 Å². The average molecular weight is 327 g/mol. The normalized spacial score (nSPS) is 11.0. The molecule has 3 nitrogen and oxygen atoms in total. The molecular formula is C20H22FNO2. The summed E-state index contributed by atoms with van der Waals surface area (Å²) in [6.45, 7) is 4.44. The molecule has 1 amide bonds. The fourth-order valence-electron chi connectivity index (χ4n) is 2.18. The molecule has 2 rings (SSSR count). The second kappa shape index (κ2) is 8.87. The van der Waals surface area contributed by atoms with Crippen LogP contribution in [0.25, 0.3) is 6.08 Å². The first kappa shape index (κ1) is 17.7. The van der Waals surface area contributed by atoms with E-state index in [2.05, 4.69) is 5.32 Å². The van der Waals surface area contributed by atoms with Gasteiger partial charge in [-0.15, -0.1) is 0 Å². The minimum atomic E-state index is -0.255. The van der Waals surface area contributed by atoms with Crippen molar-refractivity contribution in [2.75, 3.05) is 6.54 Å². The monoisotopic (exact) mass is 327 g/mol. The third-order valence-corrected chi connectivity index (χ3v) is 3.28. The van der Waals surface area contributed by atoms with Crippen LogP contribution in [-0.4, -0.2) is 18.6 Å². The lowest BCUT2D eigenvalue weighted by Crippen LogP contribution is -2.23. The van der Waals surface area contributed by atoms with Gasteiger partial charge in [0, 0.05) is 12.6 Å².